The van der Waals surface area contributed by atoms with Gasteiger partial charge in [0, 0.05) is 13.1 Å². The van der Waals surface area contributed by atoms with Crippen molar-refractivity contribution in [2.24, 2.45) is 0 Å². The molecule has 0 unspecified atom stereocenters. The molecule has 3 heterocycles. The summed E-state index contributed by atoms with van der Waals surface area (Å²) in [5.74, 6) is 1.55. The third-order valence-corrected chi connectivity index (χ3v) is 6.44. The number of carbonyl (C=O) groups is 1. The van der Waals surface area contributed by atoms with Crippen LogP contribution in [0.1, 0.15) is 32.6 Å². The Morgan fingerprint density at radius 3 is 2.69 bits per heavy atom. The van der Waals surface area contributed by atoms with Crippen LogP contribution in [0.2, 0.25) is 0 Å². The molecule has 1 aliphatic rings. The van der Waals surface area contributed by atoms with Crippen LogP contribution in [0.25, 0.3) is 17.0 Å². The van der Waals surface area contributed by atoms with E-state index in [1.54, 1.807) is 11.6 Å². The van der Waals surface area contributed by atoms with Crippen LogP contribution in [-0.4, -0.2) is 56.1 Å². The number of nitrogens with zero attached hydrogens (tertiary/aromatic N) is 5. The zero-order valence-electron chi connectivity index (χ0n) is 16.7. The minimum atomic E-state index is -0.135. The highest BCUT2D eigenvalue weighted by Crippen LogP contribution is 2.30. The Bertz CT molecular complexity index is 1000. The van der Waals surface area contributed by atoms with Crippen molar-refractivity contribution in [2.75, 3.05) is 20.2 Å². The van der Waals surface area contributed by atoms with Crippen LogP contribution in [0.15, 0.2) is 41.4 Å². The van der Waals surface area contributed by atoms with Gasteiger partial charge in [-0.1, -0.05) is 30.8 Å². The van der Waals surface area contributed by atoms with Gasteiger partial charge in [-0.2, -0.15) is 9.61 Å². The molecule has 1 saturated heterocycles. The lowest BCUT2D eigenvalue weighted by Gasteiger charge is -2.29. The Kier molecular flexibility index (Phi) is 5.99. The molecule has 0 bridgehead atoms. The lowest BCUT2D eigenvalue weighted by Crippen LogP contribution is -2.40. The Hall–Kier alpha value is -2.61. The van der Waals surface area contributed by atoms with Crippen LogP contribution in [0.5, 0.6) is 5.75 Å². The number of methoxy groups -OCH3 is 1. The number of carbonyl (C=O) groups excluding carboxylic acids is 1. The van der Waals surface area contributed by atoms with Crippen molar-refractivity contribution in [2.45, 2.75) is 42.9 Å². The van der Waals surface area contributed by atoms with Crippen molar-refractivity contribution in [1.29, 1.82) is 0 Å². The monoisotopic (exact) mass is 411 g/mol. The molecule has 1 aliphatic heterocycles. The van der Waals surface area contributed by atoms with Gasteiger partial charge < -0.3 is 9.64 Å². The average molecular weight is 412 g/mol. The number of fused-ring (bicyclic) bond motifs is 1. The van der Waals surface area contributed by atoms with E-state index >= 15 is 0 Å². The van der Waals surface area contributed by atoms with E-state index in [4.69, 9.17) is 9.84 Å². The first-order chi connectivity index (χ1) is 14.2. The lowest BCUT2D eigenvalue weighted by atomic mass is 10.1. The summed E-state index contributed by atoms with van der Waals surface area (Å²) in [6.07, 6.45) is 4.17. The van der Waals surface area contributed by atoms with Crippen LogP contribution in [-0.2, 0) is 4.79 Å². The van der Waals surface area contributed by atoms with Gasteiger partial charge in [0.25, 0.3) is 0 Å². The summed E-state index contributed by atoms with van der Waals surface area (Å²) in [7, 11) is 1.63. The summed E-state index contributed by atoms with van der Waals surface area (Å²) in [6, 6.07) is 11.5. The second-order valence-electron chi connectivity index (χ2n) is 7.07. The zero-order valence-corrected chi connectivity index (χ0v) is 17.6. The predicted octanol–water partition coefficient (Wildman–Crippen LogP) is 3.68. The lowest BCUT2D eigenvalue weighted by molar-refractivity contribution is -0.131. The number of hydrogen-bond donors (Lipinski definition) is 0. The number of ether oxygens (including phenoxy) is 1. The smallest absolute Gasteiger partial charge is 0.236 e. The van der Waals surface area contributed by atoms with Gasteiger partial charge in [0.05, 0.1) is 17.9 Å². The fraction of sp³-hybridized carbons (Fsp3) is 0.429. The molecule has 0 N–H and O–H groups in total. The molecule has 7 nitrogen and oxygen atoms in total. The fourth-order valence-corrected chi connectivity index (χ4v) is 4.59. The van der Waals surface area contributed by atoms with E-state index < -0.39 is 0 Å². The highest BCUT2D eigenvalue weighted by Gasteiger charge is 2.26. The summed E-state index contributed by atoms with van der Waals surface area (Å²) in [4.78, 5) is 15.0. The van der Waals surface area contributed by atoms with Gasteiger partial charge in [-0.05, 0) is 49.9 Å². The van der Waals surface area contributed by atoms with E-state index in [0.29, 0.717) is 17.2 Å². The zero-order chi connectivity index (χ0) is 20.2. The van der Waals surface area contributed by atoms with Gasteiger partial charge in [0.1, 0.15) is 10.8 Å². The molecule has 1 amide bonds. The van der Waals surface area contributed by atoms with Gasteiger partial charge in [-0.25, -0.2) is 0 Å². The van der Waals surface area contributed by atoms with Crippen molar-refractivity contribution in [3.63, 3.8) is 0 Å². The molecular weight excluding hydrogens is 386 g/mol. The third kappa shape index (κ3) is 4.07. The van der Waals surface area contributed by atoms with Crippen molar-refractivity contribution < 1.29 is 9.53 Å². The summed E-state index contributed by atoms with van der Waals surface area (Å²) in [5.41, 5.74) is 1.49. The summed E-state index contributed by atoms with van der Waals surface area (Å²) >= 11 is 1.51. The van der Waals surface area contributed by atoms with Crippen molar-refractivity contribution >= 4 is 23.3 Å². The van der Waals surface area contributed by atoms with Crippen LogP contribution in [0.3, 0.4) is 0 Å². The second kappa shape index (κ2) is 8.82. The minimum absolute atomic E-state index is 0.135. The van der Waals surface area contributed by atoms with E-state index in [2.05, 4.69) is 17.1 Å². The van der Waals surface area contributed by atoms with E-state index in [9.17, 15) is 4.79 Å². The molecule has 0 spiro atoms. The highest BCUT2D eigenvalue weighted by atomic mass is 32.2. The molecule has 1 atom stereocenters. The van der Waals surface area contributed by atoms with Crippen LogP contribution in [0, 0.1) is 0 Å². The summed E-state index contributed by atoms with van der Waals surface area (Å²) in [6.45, 7) is 3.79. The van der Waals surface area contributed by atoms with Crippen LogP contribution in [0.4, 0.5) is 0 Å². The van der Waals surface area contributed by atoms with Crippen molar-refractivity contribution in [3.05, 3.63) is 36.4 Å². The topological polar surface area (TPSA) is 72.6 Å². The number of hydrogen-bond acceptors (Lipinski definition) is 6. The minimum Gasteiger partial charge on any atom is -0.496 e. The number of aromatic nitrogens is 4. The van der Waals surface area contributed by atoms with Crippen molar-refractivity contribution in [3.8, 4) is 17.1 Å². The molecule has 0 aliphatic carbocycles. The van der Waals surface area contributed by atoms with E-state index in [0.717, 1.165) is 42.9 Å². The summed E-state index contributed by atoms with van der Waals surface area (Å²) < 4.78 is 7.19. The Morgan fingerprint density at radius 2 is 1.93 bits per heavy atom. The quantitative estimate of drug-likeness (QED) is 0.576. The first-order valence-corrected chi connectivity index (χ1v) is 10.9. The van der Waals surface area contributed by atoms with Crippen LogP contribution < -0.4 is 4.74 Å². The van der Waals surface area contributed by atoms with Crippen molar-refractivity contribution in [1.82, 2.24) is 24.7 Å². The first kappa shape index (κ1) is 19.7. The summed E-state index contributed by atoms with van der Waals surface area (Å²) in [5, 5.41) is 13.9. The molecule has 2 aromatic heterocycles. The molecule has 8 heteroatoms. The van der Waals surface area contributed by atoms with Gasteiger partial charge in [-0.15, -0.1) is 10.2 Å². The molecule has 4 rings (SSSR count). The molecule has 1 aromatic carbocycles. The van der Waals surface area contributed by atoms with E-state index in [1.165, 1.54) is 18.2 Å². The Balaban J connectivity index is 1.62. The molecular formula is C21H25N5O2S. The number of rotatable bonds is 6. The predicted molar refractivity (Wildman–Crippen MR) is 113 cm³/mol. The first-order valence-electron chi connectivity index (χ1n) is 10.0. The molecule has 1 fully saturated rings. The molecule has 29 heavy (non-hydrogen) atoms. The number of likely N-dealkylation sites (tertiary alicyclic amines) is 1. The standard InChI is InChI=1S/C21H25N5O2S/c1-3-17(21(27)25-13-7-4-8-14-25)29-19-12-11-18-22-23-20(26(18)24-19)15-9-5-6-10-16(15)28-2/h5-6,9-12,17H,3-4,7-8,13-14H2,1-2H3/t17-/m1/s1. The maximum Gasteiger partial charge on any atom is 0.236 e. The van der Waals surface area contributed by atoms with E-state index in [1.807, 2.05) is 41.3 Å². The molecule has 0 saturated carbocycles. The van der Waals surface area contributed by atoms with Gasteiger partial charge >= 0.3 is 0 Å². The van der Waals surface area contributed by atoms with Gasteiger partial charge in [0.15, 0.2) is 11.5 Å². The largest absolute Gasteiger partial charge is 0.496 e. The highest BCUT2D eigenvalue weighted by molar-refractivity contribution is 8.00. The molecule has 0 radical (unpaired) electrons. The molecule has 3 aromatic rings. The number of benzene rings is 1. The van der Waals surface area contributed by atoms with Gasteiger partial charge in [0.2, 0.25) is 5.91 Å². The maximum atomic E-state index is 12.9. The van der Waals surface area contributed by atoms with Crippen LogP contribution >= 0.6 is 11.8 Å². The Morgan fingerprint density at radius 1 is 1.14 bits per heavy atom. The number of thioether (sulfide) groups is 1. The average Bonchev–Trinajstić information content (AvgIpc) is 3.20. The third-order valence-electron chi connectivity index (χ3n) is 5.16. The number of amides is 1. The normalized spacial score (nSPS) is 15.4. The van der Waals surface area contributed by atoms with E-state index in [-0.39, 0.29) is 11.2 Å². The fourth-order valence-electron chi connectivity index (χ4n) is 3.60. The van der Waals surface area contributed by atoms with Gasteiger partial charge in [-0.3, -0.25) is 4.79 Å². The number of piperidine rings is 1. The SMILES string of the molecule is CC[C@@H](Sc1ccc2nnc(-c3ccccc3OC)n2n1)C(=O)N1CCCCC1. The number of para-hydroxylation sites is 1. The second-order valence-corrected chi connectivity index (χ2v) is 8.29. The maximum absolute atomic E-state index is 12.9. The Labute approximate surface area is 174 Å². The molecule has 152 valence electrons.